The van der Waals surface area contributed by atoms with Gasteiger partial charge < -0.3 is 4.90 Å². The van der Waals surface area contributed by atoms with Gasteiger partial charge >= 0.3 is 0 Å². The Morgan fingerprint density at radius 2 is 2.10 bits per heavy atom. The molecule has 0 heterocycles. The highest BCUT2D eigenvalue weighted by Gasteiger charge is 2.14. The van der Waals surface area contributed by atoms with Crippen molar-refractivity contribution in [2.24, 2.45) is 0 Å². The fourth-order valence-electron chi connectivity index (χ4n) is 2.04. The number of nitrogens with zero attached hydrogens (tertiary/aromatic N) is 3. The lowest BCUT2D eigenvalue weighted by molar-refractivity contribution is -0.384. The second-order valence-electron chi connectivity index (χ2n) is 4.42. The summed E-state index contributed by atoms with van der Waals surface area (Å²) in [6.07, 6.45) is 0. The van der Waals surface area contributed by atoms with Gasteiger partial charge in [-0.3, -0.25) is 10.1 Å². The Labute approximate surface area is 130 Å². The van der Waals surface area contributed by atoms with Gasteiger partial charge in [-0.25, -0.2) is 0 Å². The maximum Gasteiger partial charge on any atom is 0.269 e. The number of nitriles is 1. The van der Waals surface area contributed by atoms with Gasteiger partial charge in [0.05, 0.1) is 16.6 Å². The number of non-ortho nitro benzene ring substituents is 1. The van der Waals surface area contributed by atoms with Crippen LogP contribution in [-0.2, 0) is 5.33 Å². The largest absolute Gasteiger partial charge is 0.344 e. The SMILES string of the molecule is CN(c1cccc(C#N)c1)c1ccc([N+](=O)[O-])cc1CBr. The maximum atomic E-state index is 10.8. The number of rotatable bonds is 4. The van der Waals surface area contributed by atoms with Crippen molar-refractivity contribution in [2.45, 2.75) is 5.33 Å². The molecule has 0 bridgehead atoms. The summed E-state index contributed by atoms with van der Waals surface area (Å²) in [6.45, 7) is 0. The lowest BCUT2D eigenvalue weighted by Crippen LogP contribution is -2.11. The van der Waals surface area contributed by atoms with Crippen LogP contribution in [0.4, 0.5) is 17.1 Å². The highest BCUT2D eigenvalue weighted by atomic mass is 79.9. The fourth-order valence-corrected chi connectivity index (χ4v) is 2.49. The normalized spacial score (nSPS) is 9.95. The molecule has 2 aromatic rings. The van der Waals surface area contributed by atoms with Crippen LogP contribution in [-0.4, -0.2) is 12.0 Å². The van der Waals surface area contributed by atoms with Gasteiger partial charge in [0.15, 0.2) is 0 Å². The lowest BCUT2D eigenvalue weighted by atomic mass is 10.1. The minimum atomic E-state index is -0.410. The fraction of sp³-hybridized carbons (Fsp3) is 0.133. The molecule has 0 aliphatic carbocycles. The summed E-state index contributed by atoms with van der Waals surface area (Å²) in [5.74, 6) is 0. The molecule has 106 valence electrons. The van der Waals surface area contributed by atoms with Gasteiger partial charge in [0.2, 0.25) is 0 Å². The van der Waals surface area contributed by atoms with E-state index in [-0.39, 0.29) is 5.69 Å². The summed E-state index contributed by atoms with van der Waals surface area (Å²) in [4.78, 5) is 12.3. The smallest absolute Gasteiger partial charge is 0.269 e. The van der Waals surface area contributed by atoms with Gasteiger partial charge in [0.1, 0.15) is 0 Å². The molecule has 0 aromatic heterocycles. The molecule has 0 N–H and O–H groups in total. The third-order valence-electron chi connectivity index (χ3n) is 3.14. The third-order valence-corrected chi connectivity index (χ3v) is 3.75. The number of hydrogen-bond acceptors (Lipinski definition) is 4. The van der Waals surface area contributed by atoms with Gasteiger partial charge in [-0.2, -0.15) is 5.26 Å². The molecule has 0 radical (unpaired) electrons. The Hall–Kier alpha value is -2.39. The Bertz CT molecular complexity index is 725. The van der Waals surface area contributed by atoms with Gasteiger partial charge in [0, 0.05) is 35.9 Å². The second kappa shape index (κ2) is 6.37. The van der Waals surface area contributed by atoms with Crippen LogP contribution in [0, 0.1) is 21.4 Å². The number of anilines is 2. The Morgan fingerprint density at radius 1 is 1.33 bits per heavy atom. The van der Waals surface area contributed by atoms with Gasteiger partial charge in [-0.1, -0.05) is 22.0 Å². The van der Waals surface area contributed by atoms with Crippen molar-refractivity contribution < 1.29 is 4.92 Å². The molecule has 0 atom stereocenters. The van der Waals surface area contributed by atoms with Crippen LogP contribution in [0.3, 0.4) is 0 Å². The topological polar surface area (TPSA) is 70.2 Å². The lowest BCUT2D eigenvalue weighted by Gasteiger charge is -2.22. The second-order valence-corrected chi connectivity index (χ2v) is 4.99. The number of hydrogen-bond donors (Lipinski definition) is 0. The zero-order valence-electron chi connectivity index (χ0n) is 11.3. The monoisotopic (exact) mass is 345 g/mol. The molecule has 0 saturated carbocycles. The van der Waals surface area contributed by atoms with Crippen LogP contribution in [0.15, 0.2) is 42.5 Å². The van der Waals surface area contributed by atoms with E-state index >= 15 is 0 Å². The van der Waals surface area contributed by atoms with Gasteiger partial charge in [-0.05, 0) is 29.8 Å². The van der Waals surface area contributed by atoms with E-state index in [2.05, 4.69) is 22.0 Å². The number of nitro groups is 1. The molecule has 0 fully saturated rings. The maximum absolute atomic E-state index is 10.8. The summed E-state index contributed by atoms with van der Waals surface area (Å²) < 4.78 is 0. The van der Waals surface area contributed by atoms with E-state index in [4.69, 9.17) is 5.26 Å². The molecule has 21 heavy (non-hydrogen) atoms. The number of alkyl halides is 1. The molecule has 0 aliphatic rings. The quantitative estimate of drug-likeness (QED) is 0.474. The number of benzene rings is 2. The molecule has 0 aliphatic heterocycles. The van der Waals surface area contributed by atoms with E-state index in [1.807, 2.05) is 24.1 Å². The predicted molar refractivity (Wildman–Crippen MR) is 84.9 cm³/mol. The first-order valence-electron chi connectivity index (χ1n) is 6.14. The molecule has 0 spiro atoms. The summed E-state index contributed by atoms with van der Waals surface area (Å²) >= 11 is 3.36. The van der Waals surface area contributed by atoms with Crippen molar-refractivity contribution >= 4 is 33.0 Å². The molecule has 2 aromatic carbocycles. The van der Waals surface area contributed by atoms with Crippen LogP contribution in [0.1, 0.15) is 11.1 Å². The summed E-state index contributed by atoms with van der Waals surface area (Å²) in [7, 11) is 1.86. The van der Waals surface area contributed by atoms with E-state index in [0.29, 0.717) is 10.9 Å². The summed E-state index contributed by atoms with van der Waals surface area (Å²) in [6, 6.07) is 14.1. The van der Waals surface area contributed by atoms with Crippen LogP contribution < -0.4 is 4.90 Å². The average Bonchev–Trinajstić information content (AvgIpc) is 2.53. The summed E-state index contributed by atoms with van der Waals surface area (Å²) in [5, 5.41) is 20.3. The highest BCUT2D eigenvalue weighted by Crippen LogP contribution is 2.31. The van der Waals surface area contributed by atoms with Crippen molar-refractivity contribution in [1.82, 2.24) is 0 Å². The minimum Gasteiger partial charge on any atom is -0.344 e. The summed E-state index contributed by atoms with van der Waals surface area (Å²) in [5.41, 5.74) is 3.15. The molecular weight excluding hydrogens is 334 g/mol. The molecule has 5 nitrogen and oxygen atoms in total. The number of nitro benzene ring substituents is 1. The van der Waals surface area contributed by atoms with E-state index in [1.54, 1.807) is 24.3 Å². The Morgan fingerprint density at radius 3 is 2.71 bits per heavy atom. The third kappa shape index (κ3) is 3.20. The first kappa shape index (κ1) is 15.0. The van der Waals surface area contributed by atoms with Crippen molar-refractivity contribution in [1.29, 1.82) is 5.26 Å². The minimum absolute atomic E-state index is 0.0624. The van der Waals surface area contributed by atoms with Gasteiger partial charge in [0.25, 0.3) is 5.69 Å². The van der Waals surface area contributed by atoms with E-state index in [9.17, 15) is 10.1 Å². The van der Waals surface area contributed by atoms with E-state index < -0.39 is 4.92 Å². The average molecular weight is 346 g/mol. The van der Waals surface area contributed by atoms with Crippen molar-refractivity contribution in [3.8, 4) is 6.07 Å². The molecular formula is C15H12BrN3O2. The molecule has 0 saturated heterocycles. The van der Waals surface area contributed by atoms with Crippen molar-refractivity contribution in [3.63, 3.8) is 0 Å². The van der Waals surface area contributed by atoms with E-state index in [0.717, 1.165) is 16.9 Å². The van der Waals surface area contributed by atoms with Crippen LogP contribution in [0.25, 0.3) is 0 Å². The Balaban J connectivity index is 2.45. The Kier molecular flexibility index (Phi) is 4.55. The standard InChI is InChI=1S/C15H12BrN3O2/c1-18(13-4-2-3-11(7-13)10-17)15-6-5-14(19(20)21)8-12(15)9-16/h2-8H,9H2,1H3. The zero-order chi connectivity index (χ0) is 15.4. The first-order valence-corrected chi connectivity index (χ1v) is 7.26. The zero-order valence-corrected chi connectivity index (χ0v) is 12.9. The van der Waals surface area contributed by atoms with Crippen molar-refractivity contribution in [2.75, 3.05) is 11.9 Å². The van der Waals surface area contributed by atoms with Crippen molar-refractivity contribution in [3.05, 3.63) is 63.7 Å². The molecule has 6 heteroatoms. The first-order chi connectivity index (χ1) is 10.1. The highest BCUT2D eigenvalue weighted by molar-refractivity contribution is 9.08. The van der Waals surface area contributed by atoms with Crippen LogP contribution >= 0.6 is 15.9 Å². The molecule has 0 amide bonds. The van der Waals surface area contributed by atoms with Crippen LogP contribution in [0.2, 0.25) is 0 Å². The molecule has 2 rings (SSSR count). The van der Waals surface area contributed by atoms with Gasteiger partial charge in [-0.15, -0.1) is 0 Å². The van der Waals surface area contributed by atoms with Crippen LogP contribution in [0.5, 0.6) is 0 Å². The molecule has 0 unspecified atom stereocenters. The number of halogens is 1. The predicted octanol–water partition coefficient (Wildman–Crippen LogP) is 4.13. The van der Waals surface area contributed by atoms with E-state index in [1.165, 1.54) is 6.07 Å².